The number of amides is 1. The summed E-state index contributed by atoms with van der Waals surface area (Å²) in [6, 6.07) is 8.37. The van der Waals surface area contributed by atoms with Crippen molar-refractivity contribution in [2.45, 2.75) is 52.1 Å². The number of hydrogen-bond donors (Lipinski definition) is 1. The van der Waals surface area contributed by atoms with Crippen molar-refractivity contribution in [3.05, 3.63) is 30.6 Å². The number of benzene rings is 1. The third kappa shape index (κ3) is 3.26. The number of aromatic nitrogens is 2. The maximum atomic E-state index is 12.1. The van der Waals surface area contributed by atoms with E-state index in [0.29, 0.717) is 24.4 Å². The van der Waals surface area contributed by atoms with E-state index >= 15 is 0 Å². The summed E-state index contributed by atoms with van der Waals surface area (Å²) in [6.45, 7) is 5.23. The molecule has 1 aliphatic rings. The molecule has 0 aliphatic heterocycles. The van der Waals surface area contributed by atoms with Crippen LogP contribution in [0, 0.1) is 5.41 Å². The summed E-state index contributed by atoms with van der Waals surface area (Å²) in [5, 5.41) is 3.17. The molecule has 4 heteroatoms. The van der Waals surface area contributed by atoms with Gasteiger partial charge in [-0.25, -0.2) is 4.98 Å². The molecule has 0 bridgehead atoms. The number of para-hydroxylation sites is 2. The average molecular weight is 285 g/mol. The topological polar surface area (TPSA) is 46.9 Å². The molecular weight excluding hydrogens is 262 g/mol. The maximum absolute atomic E-state index is 12.1. The Kier molecular flexibility index (Phi) is 3.70. The predicted molar refractivity (Wildman–Crippen MR) is 83.9 cm³/mol. The molecule has 0 spiro atoms. The maximum Gasteiger partial charge on any atom is 0.222 e. The molecule has 2 aromatic rings. The van der Waals surface area contributed by atoms with Crippen LogP contribution in [-0.4, -0.2) is 21.5 Å². The Morgan fingerprint density at radius 3 is 3.00 bits per heavy atom. The van der Waals surface area contributed by atoms with Crippen molar-refractivity contribution in [1.82, 2.24) is 14.9 Å². The Hall–Kier alpha value is -1.84. The smallest absolute Gasteiger partial charge is 0.222 e. The van der Waals surface area contributed by atoms with Crippen molar-refractivity contribution in [3.63, 3.8) is 0 Å². The number of imidazole rings is 1. The zero-order valence-electron chi connectivity index (χ0n) is 12.8. The lowest BCUT2D eigenvalue weighted by Gasteiger charge is -2.18. The van der Waals surface area contributed by atoms with Gasteiger partial charge in [0.2, 0.25) is 5.91 Å². The minimum Gasteiger partial charge on any atom is -0.353 e. The van der Waals surface area contributed by atoms with Gasteiger partial charge < -0.3 is 9.88 Å². The largest absolute Gasteiger partial charge is 0.353 e. The van der Waals surface area contributed by atoms with E-state index in [0.717, 1.165) is 23.9 Å². The highest BCUT2D eigenvalue weighted by atomic mass is 16.1. The Morgan fingerprint density at radius 2 is 2.24 bits per heavy atom. The van der Waals surface area contributed by atoms with Crippen molar-refractivity contribution in [3.8, 4) is 0 Å². The number of carbonyl (C=O) groups is 1. The van der Waals surface area contributed by atoms with E-state index < -0.39 is 0 Å². The van der Waals surface area contributed by atoms with E-state index in [4.69, 9.17) is 0 Å². The lowest BCUT2D eigenvalue weighted by Crippen LogP contribution is -2.33. The number of rotatable bonds is 4. The molecule has 1 unspecified atom stereocenters. The van der Waals surface area contributed by atoms with Crippen LogP contribution in [0.25, 0.3) is 11.0 Å². The fraction of sp³-hybridized carbons (Fsp3) is 0.529. The third-order valence-electron chi connectivity index (χ3n) is 4.44. The number of nitrogens with one attached hydrogen (secondary N) is 1. The molecule has 0 saturated heterocycles. The van der Waals surface area contributed by atoms with Crippen LogP contribution in [0.2, 0.25) is 0 Å². The number of aryl methyl sites for hydroxylation is 1. The molecule has 1 atom stereocenters. The fourth-order valence-corrected chi connectivity index (χ4v) is 3.27. The van der Waals surface area contributed by atoms with Gasteiger partial charge in [-0.2, -0.15) is 0 Å². The SMILES string of the molecule is CC1(C)CCC(NC(=O)CCn2cnc3ccccc32)C1. The zero-order chi connectivity index (χ0) is 14.9. The molecule has 1 aromatic heterocycles. The summed E-state index contributed by atoms with van der Waals surface area (Å²) in [5.41, 5.74) is 2.45. The highest BCUT2D eigenvalue weighted by Gasteiger charge is 2.31. The summed E-state index contributed by atoms with van der Waals surface area (Å²) >= 11 is 0. The molecule has 0 radical (unpaired) electrons. The van der Waals surface area contributed by atoms with Crippen LogP contribution < -0.4 is 5.32 Å². The van der Waals surface area contributed by atoms with Gasteiger partial charge in [-0.3, -0.25) is 4.79 Å². The molecule has 4 nitrogen and oxygen atoms in total. The molecule has 1 N–H and O–H groups in total. The summed E-state index contributed by atoms with van der Waals surface area (Å²) < 4.78 is 2.05. The molecule has 1 fully saturated rings. The quantitative estimate of drug-likeness (QED) is 0.938. The Bertz CT molecular complexity index is 644. The highest BCUT2D eigenvalue weighted by molar-refractivity contribution is 5.77. The van der Waals surface area contributed by atoms with Crippen LogP contribution in [0.4, 0.5) is 0 Å². The second kappa shape index (κ2) is 5.51. The lowest BCUT2D eigenvalue weighted by molar-refractivity contribution is -0.122. The molecule has 112 valence electrons. The Balaban J connectivity index is 1.54. The van der Waals surface area contributed by atoms with Crippen LogP contribution in [0.1, 0.15) is 39.5 Å². The Morgan fingerprint density at radius 1 is 1.43 bits per heavy atom. The second-order valence-corrected chi connectivity index (χ2v) is 6.85. The van der Waals surface area contributed by atoms with Gasteiger partial charge in [-0.05, 0) is 36.8 Å². The average Bonchev–Trinajstić information content (AvgIpc) is 3.00. The van der Waals surface area contributed by atoms with Gasteiger partial charge in [-0.15, -0.1) is 0 Å². The van der Waals surface area contributed by atoms with Crippen molar-refractivity contribution < 1.29 is 4.79 Å². The standard InChI is InChI=1S/C17H23N3O/c1-17(2)9-7-13(11-17)19-16(21)8-10-20-12-18-14-5-3-4-6-15(14)20/h3-6,12-13H,7-11H2,1-2H3,(H,19,21). The highest BCUT2D eigenvalue weighted by Crippen LogP contribution is 2.36. The van der Waals surface area contributed by atoms with Crippen LogP contribution in [0.5, 0.6) is 0 Å². The van der Waals surface area contributed by atoms with E-state index in [1.165, 1.54) is 6.42 Å². The normalized spacial score (nSPS) is 20.8. The lowest BCUT2D eigenvalue weighted by atomic mass is 9.92. The number of carbonyl (C=O) groups excluding carboxylic acids is 1. The van der Waals surface area contributed by atoms with Crippen molar-refractivity contribution in [2.24, 2.45) is 5.41 Å². The molecule has 3 rings (SSSR count). The molecule has 1 aromatic carbocycles. The summed E-state index contributed by atoms with van der Waals surface area (Å²) in [4.78, 5) is 16.4. The first-order valence-electron chi connectivity index (χ1n) is 7.73. The van der Waals surface area contributed by atoms with Gasteiger partial charge in [0, 0.05) is 19.0 Å². The van der Waals surface area contributed by atoms with Crippen LogP contribution >= 0.6 is 0 Å². The van der Waals surface area contributed by atoms with E-state index in [-0.39, 0.29) is 5.91 Å². The van der Waals surface area contributed by atoms with Gasteiger partial charge in [0.1, 0.15) is 0 Å². The molecule has 21 heavy (non-hydrogen) atoms. The fourth-order valence-electron chi connectivity index (χ4n) is 3.27. The van der Waals surface area contributed by atoms with E-state index in [1.807, 2.05) is 35.2 Å². The van der Waals surface area contributed by atoms with Gasteiger partial charge in [0.05, 0.1) is 17.4 Å². The van der Waals surface area contributed by atoms with E-state index in [2.05, 4.69) is 24.1 Å². The van der Waals surface area contributed by atoms with Crippen LogP contribution in [0.15, 0.2) is 30.6 Å². The molecule has 1 aliphatic carbocycles. The third-order valence-corrected chi connectivity index (χ3v) is 4.44. The van der Waals surface area contributed by atoms with Crippen molar-refractivity contribution in [1.29, 1.82) is 0 Å². The van der Waals surface area contributed by atoms with Crippen molar-refractivity contribution in [2.75, 3.05) is 0 Å². The van der Waals surface area contributed by atoms with E-state index in [1.54, 1.807) is 0 Å². The van der Waals surface area contributed by atoms with Gasteiger partial charge >= 0.3 is 0 Å². The van der Waals surface area contributed by atoms with Crippen LogP contribution in [-0.2, 0) is 11.3 Å². The predicted octanol–water partition coefficient (Wildman–Crippen LogP) is 3.12. The zero-order valence-corrected chi connectivity index (χ0v) is 12.8. The second-order valence-electron chi connectivity index (χ2n) is 6.85. The Labute approximate surface area is 125 Å². The molecule has 1 amide bonds. The van der Waals surface area contributed by atoms with Crippen molar-refractivity contribution >= 4 is 16.9 Å². The molecular formula is C17H23N3O. The first kappa shape index (κ1) is 14.1. The monoisotopic (exact) mass is 285 g/mol. The van der Waals surface area contributed by atoms with Gasteiger partial charge in [0.25, 0.3) is 0 Å². The molecule has 1 saturated carbocycles. The van der Waals surface area contributed by atoms with E-state index in [9.17, 15) is 4.79 Å². The van der Waals surface area contributed by atoms with Gasteiger partial charge in [-0.1, -0.05) is 26.0 Å². The minimum absolute atomic E-state index is 0.149. The summed E-state index contributed by atoms with van der Waals surface area (Å²) in [6.07, 6.45) is 5.72. The van der Waals surface area contributed by atoms with Gasteiger partial charge in [0.15, 0.2) is 0 Å². The number of nitrogens with zero attached hydrogens (tertiary/aromatic N) is 2. The number of fused-ring (bicyclic) bond motifs is 1. The summed E-state index contributed by atoms with van der Waals surface area (Å²) in [7, 11) is 0. The minimum atomic E-state index is 0.149. The summed E-state index contributed by atoms with van der Waals surface area (Å²) in [5.74, 6) is 0.149. The first-order chi connectivity index (χ1) is 10.0. The number of hydrogen-bond acceptors (Lipinski definition) is 2. The molecule has 1 heterocycles. The first-order valence-corrected chi connectivity index (χ1v) is 7.73. The van der Waals surface area contributed by atoms with Crippen LogP contribution in [0.3, 0.4) is 0 Å².